The van der Waals surface area contributed by atoms with Gasteiger partial charge in [0.2, 0.25) is 0 Å². The van der Waals surface area contributed by atoms with E-state index in [0.717, 1.165) is 0 Å². The van der Waals surface area contributed by atoms with E-state index in [-0.39, 0.29) is 0 Å². The third-order valence-electron chi connectivity index (χ3n) is 5.47. The maximum absolute atomic E-state index is 3.95. The highest BCUT2D eigenvalue weighted by Crippen LogP contribution is 2.63. The summed E-state index contributed by atoms with van der Waals surface area (Å²) in [6.07, 6.45) is 3.94. The number of fused-ring (bicyclic) bond motifs is 1. The van der Waals surface area contributed by atoms with E-state index in [1.807, 2.05) is 11.3 Å². The van der Waals surface area contributed by atoms with E-state index in [9.17, 15) is 0 Å². The Balaban J connectivity index is 1.80. The first-order chi connectivity index (χ1) is 8.34. The molecule has 3 rings (SSSR count). The van der Waals surface area contributed by atoms with Crippen LogP contribution in [0, 0.1) is 13.7 Å². The zero-order valence-electron chi connectivity index (χ0n) is 11.6. The van der Waals surface area contributed by atoms with Crippen LogP contribution in [0.5, 0.6) is 0 Å². The van der Waals surface area contributed by atoms with Crippen LogP contribution in [0.4, 0.5) is 0 Å². The summed E-state index contributed by atoms with van der Waals surface area (Å²) in [5.41, 5.74) is 2.47. The molecule has 2 aliphatic rings. The zero-order chi connectivity index (χ0) is 13.1. The summed E-state index contributed by atoms with van der Waals surface area (Å²) in [5.74, 6) is 0. The van der Waals surface area contributed by atoms with Crippen molar-refractivity contribution < 1.29 is 0 Å². The second-order valence-corrected chi connectivity index (χ2v) is 9.95. The molecule has 100 valence electrons. The Kier molecular flexibility index (Phi) is 3.11. The van der Waals surface area contributed by atoms with Crippen LogP contribution >= 0.6 is 33.9 Å². The molecule has 0 amide bonds. The van der Waals surface area contributed by atoms with Gasteiger partial charge in [-0.1, -0.05) is 27.7 Å². The van der Waals surface area contributed by atoms with Crippen molar-refractivity contribution in [3.63, 3.8) is 0 Å². The smallest absolute Gasteiger partial charge is 0.0659 e. The van der Waals surface area contributed by atoms with Crippen LogP contribution in [0.15, 0.2) is 6.07 Å². The average molecular weight is 375 g/mol. The third-order valence-corrected chi connectivity index (χ3v) is 7.44. The van der Waals surface area contributed by atoms with Gasteiger partial charge in [-0.15, -0.1) is 11.3 Å². The first kappa shape index (κ1) is 13.4. The van der Waals surface area contributed by atoms with Crippen LogP contribution in [0.25, 0.3) is 0 Å². The highest BCUT2D eigenvalue weighted by Gasteiger charge is 2.65. The van der Waals surface area contributed by atoms with Crippen LogP contribution in [0.1, 0.15) is 57.0 Å². The van der Waals surface area contributed by atoms with Crippen molar-refractivity contribution >= 4 is 33.9 Å². The van der Waals surface area contributed by atoms with Crippen molar-refractivity contribution in [3.05, 3.63) is 19.4 Å². The molecule has 1 aromatic heterocycles. The number of rotatable bonds is 2. The molecule has 0 spiro atoms. The molecule has 0 aromatic carbocycles. The Morgan fingerprint density at radius 1 is 1.28 bits per heavy atom. The Labute approximate surface area is 128 Å². The molecule has 1 atom stereocenters. The van der Waals surface area contributed by atoms with Gasteiger partial charge in [-0.3, -0.25) is 0 Å². The van der Waals surface area contributed by atoms with Crippen molar-refractivity contribution in [2.75, 3.05) is 0 Å². The molecule has 0 bridgehead atoms. The molecule has 1 N–H and O–H groups in total. The van der Waals surface area contributed by atoms with E-state index in [1.54, 1.807) is 10.4 Å². The fourth-order valence-corrected chi connectivity index (χ4v) is 5.63. The molecular weight excluding hydrogens is 353 g/mol. The molecule has 1 nitrogen and oxygen atoms in total. The SMILES string of the molecule is CC1(C)C(NC2CCCc3sc(I)cc32)C1(C)C. The van der Waals surface area contributed by atoms with Crippen LogP contribution in [-0.4, -0.2) is 6.04 Å². The van der Waals surface area contributed by atoms with Gasteiger partial charge in [0.1, 0.15) is 0 Å². The molecule has 3 heteroatoms. The summed E-state index contributed by atoms with van der Waals surface area (Å²) in [7, 11) is 0. The van der Waals surface area contributed by atoms with Gasteiger partial charge in [-0.25, -0.2) is 0 Å². The summed E-state index contributed by atoms with van der Waals surface area (Å²) in [6, 6.07) is 3.66. The number of halogens is 1. The van der Waals surface area contributed by atoms with Crippen molar-refractivity contribution in [2.45, 2.75) is 59.0 Å². The number of hydrogen-bond donors (Lipinski definition) is 1. The van der Waals surface area contributed by atoms with Crippen LogP contribution < -0.4 is 5.32 Å². The zero-order valence-corrected chi connectivity index (χ0v) is 14.6. The molecule has 1 aromatic rings. The third kappa shape index (κ3) is 1.88. The molecule has 18 heavy (non-hydrogen) atoms. The minimum absolute atomic E-state index is 0.438. The van der Waals surface area contributed by atoms with E-state index in [2.05, 4.69) is 61.7 Å². The maximum Gasteiger partial charge on any atom is 0.0659 e. The summed E-state index contributed by atoms with van der Waals surface area (Å²) < 4.78 is 1.45. The Hall–Kier alpha value is 0.390. The van der Waals surface area contributed by atoms with Crippen molar-refractivity contribution in [2.24, 2.45) is 10.8 Å². The van der Waals surface area contributed by atoms with Crippen molar-refractivity contribution in [1.29, 1.82) is 0 Å². The lowest BCUT2D eigenvalue weighted by Gasteiger charge is -2.25. The van der Waals surface area contributed by atoms with Crippen LogP contribution in [-0.2, 0) is 6.42 Å². The number of aryl methyl sites for hydroxylation is 1. The van der Waals surface area contributed by atoms with Gasteiger partial charge >= 0.3 is 0 Å². The lowest BCUT2D eigenvalue weighted by atomic mass is 9.93. The Morgan fingerprint density at radius 2 is 1.94 bits per heavy atom. The summed E-state index contributed by atoms with van der Waals surface area (Å²) in [5, 5.41) is 3.95. The summed E-state index contributed by atoms with van der Waals surface area (Å²) >= 11 is 4.45. The van der Waals surface area contributed by atoms with Gasteiger partial charge in [0.15, 0.2) is 0 Å². The van der Waals surface area contributed by atoms with Crippen LogP contribution in [0.3, 0.4) is 0 Å². The molecule has 2 aliphatic carbocycles. The van der Waals surface area contributed by atoms with E-state index in [1.165, 1.54) is 22.1 Å². The topological polar surface area (TPSA) is 12.0 Å². The first-order valence-corrected chi connectivity index (χ1v) is 8.78. The largest absolute Gasteiger partial charge is 0.306 e. The fourth-order valence-electron chi connectivity index (χ4n) is 3.51. The predicted molar refractivity (Wildman–Crippen MR) is 87.2 cm³/mol. The molecule has 1 unspecified atom stereocenters. The van der Waals surface area contributed by atoms with Gasteiger partial charge in [-0.05, 0) is 64.3 Å². The van der Waals surface area contributed by atoms with Gasteiger partial charge in [0, 0.05) is 17.0 Å². The Bertz CT molecular complexity index is 461. The van der Waals surface area contributed by atoms with E-state index < -0.39 is 0 Å². The molecule has 0 aliphatic heterocycles. The van der Waals surface area contributed by atoms with Gasteiger partial charge in [0.25, 0.3) is 0 Å². The number of hydrogen-bond acceptors (Lipinski definition) is 2. The first-order valence-electron chi connectivity index (χ1n) is 6.88. The normalized spacial score (nSPS) is 29.1. The van der Waals surface area contributed by atoms with E-state index in [4.69, 9.17) is 0 Å². The lowest BCUT2D eigenvalue weighted by molar-refractivity contribution is 0.424. The lowest BCUT2D eigenvalue weighted by Crippen LogP contribution is -2.29. The van der Waals surface area contributed by atoms with Crippen LogP contribution in [0.2, 0.25) is 0 Å². The predicted octanol–water partition coefficient (Wildman–Crippen LogP) is 4.75. The van der Waals surface area contributed by atoms with E-state index in [0.29, 0.717) is 22.9 Å². The summed E-state index contributed by atoms with van der Waals surface area (Å²) in [4.78, 5) is 1.62. The standard InChI is InChI=1S/C15H22INS/c1-14(2)13(15(14,3)4)17-10-6-5-7-11-9(10)8-12(16)18-11/h8,10,13,17H,5-7H2,1-4H3. The second-order valence-electron chi connectivity index (χ2n) is 6.92. The molecule has 0 saturated heterocycles. The minimum Gasteiger partial charge on any atom is -0.306 e. The van der Waals surface area contributed by atoms with E-state index >= 15 is 0 Å². The van der Waals surface area contributed by atoms with Gasteiger partial charge < -0.3 is 5.32 Å². The monoisotopic (exact) mass is 375 g/mol. The summed E-state index contributed by atoms with van der Waals surface area (Å²) in [6.45, 7) is 9.58. The fraction of sp³-hybridized carbons (Fsp3) is 0.733. The quantitative estimate of drug-likeness (QED) is 0.736. The maximum atomic E-state index is 3.95. The molecule has 1 fully saturated rings. The van der Waals surface area contributed by atoms with Gasteiger partial charge in [-0.2, -0.15) is 0 Å². The second kappa shape index (κ2) is 4.19. The molecule has 1 saturated carbocycles. The number of nitrogens with one attached hydrogen (secondary N) is 1. The highest BCUT2D eigenvalue weighted by molar-refractivity contribution is 14.1. The Morgan fingerprint density at radius 3 is 2.56 bits per heavy atom. The highest BCUT2D eigenvalue weighted by atomic mass is 127. The molecule has 0 radical (unpaired) electrons. The molecular formula is C15H22INS. The minimum atomic E-state index is 0.438. The average Bonchev–Trinajstić information content (AvgIpc) is 2.63. The van der Waals surface area contributed by atoms with Gasteiger partial charge in [0.05, 0.1) is 2.88 Å². The van der Waals surface area contributed by atoms with Crippen molar-refractivity contribution in [1.82, 2.24) is 5.32 Å². The van der Waals surface area contributed by atoms with Crippen molar-refractivity contribution in [3.8, 4) is 0 Å². The molecule has 1 heterocycles. The number of thiophene rings is 1.